The highest BCUT2D eigenvalue weighted by molar-refractivity contribution is 7.89. The molecule has 0 aliphatic carbocycles. The van der Waals surface area contributed by atoms with Gasteiger partial charge in [-0.1, -0.05) is 50.1 Å². The van der Waals surface area contributed by atoms with Gasteiger partial charge >= 0.3 is 0 Å². The Morgan fingerprint density at radius 3 is 2.40 bits per heavy atom. The normalized spacial score (nSPS) is 12.3. The average Bonchev–Trinajstić information content (AvgIpc) is 2.72. The maximum atomic E-state index is 12.6. The van der Waals surface area contributed by atoms with Crippen LogP contribution in [0, 0.1) is 10.1 Å². The van der Waals surface area contributed by atoms with Crippen LogP contribution in [0.4, 0.5) is 5.69 Å². The summed E-state index contributed by atoms with van der Waals surface area (Å²) in [6.45, 7) is 2.16. The predicted octanol–water partition coefficient (Wildman–Crippen LogP) is 3.07. The van der Waals surface area contributed by atoms with Crippen LogP contribution in [0.2, 0.25) is 0 Å². The highest BCUT2D eigenvalue weighted by Gasteiger charge is 2.23. The summed E-state index contributed by atoms with van der Waals surface area (Å²) in [7, 11) is -3.93. The molecule has 2 aromatic carbocycles. The molecule has 30 heavy (non-hydrogen) atoms. The lowest BCUT2D eigenvalue weighted by molar-refractivity contribution is -0.384. The molecule has 162 valence electrons. The van der Waals surface area contributed by atoms with Gasteiger partial charge in [0.15, 0.2) is 0 Å². The van der Waals surface area contributed by atoms with Crippen LogP contribution >= 0.6 is 0 Å². The number of carbonyl (C=O) groups excluding carboxylic acids is 1. The second-order valence-electron chi connectivity index (χ2n) is 6.72. The fraction of sp³-hybridized carbons (Fsp3) is 0.350. The topological polar surface area (TPSA) is 128 Å². The Morgan fingerprint density at radius 2 is 1.80 bits per heavy atom. The number of nitrogens with zero attached hydrogens (tertiary/aromatic N) is 1. The molecule has 0 unspecified atom stereocenters. The van der Waals surface area contributed by atoms with Gasteiger partial charge in [-0.05, 0) is 24.1 Å². The zero-order chi connectivity index (χ0) is 22.0. The monoisotopic (exact) mass is 435 g/mol. The van der Waals surface area contributed by atoms with Crippen LogP contribution in [0.1, 0.15) is 38.2 Å². The second-order valence-corrected chi connectivity index (χ2v) is 8.43. The van der Waals surface area contributed by atoms with Crippen LogP contribution in [-0.2, 0) is 26.3 Å². The first kappa shape index (κ1) is 23.5. The van der Waals surface area contributed by atoms with Crippen LogP contribution in [0.3, 0.4) is 0 Å². The van der Waals surface area contributed by atoms with Gasteiger partial charge in [-0.25, -0.2) is 18.6 Å². The van der Waals surface area contributed by atoms with E-state index in [2.05, 4.69) is 10.2 Å². The Bertz CT molecular complexity index is 933. The number of amides is 1. The molecule has 0 fully saturated rings. The number of nitrogens with one attached hydrogen (secondary N) is 2. The van der Waals surface area contributed by atoms with Crippen LogP contribution in [0.5, 0.6) is 0 Å². The van der Waals surface area contributed by atoms with E-state index in [-0.39, 0.29) is 23.6 Å². The Hall–Kier alpha value is -2.82. The van der Waals surface area contributed by atoms with Crippen LogP contribution in [0.15, 0.2) is 59.5 Å². The van der Waals surface area contributed by atoms with Crippen molar-refractivity contribution in [3.63, 3.8) is 0 Å². The number of hydroxylamine groups is 1. The number of rotatable bonds is 12. The van der Waals surface area contributed by atoms with E-state index in [1.54, 1.807) is 0 Å². The second kappa shape index (κ2) is 11.4. The molecular formula is C20H25N3O6S. The number of sulfonamides is 1. The molecule has 0 aromatic heterocycles. The van der Waals surface area contributed by atoms with Gasteiger partial charge in [0.2, 0.25) is 15.9 Å². The average molecular weight is 436 g/mol. The summed E-state index contributed by atoms with van der Waals surface area (Å²) in [5, 5.41) is 10.7. The Kier molecular flexibility index (Phi) is 8.90. The first-order chi connectivity index (χ1) is 14.3. The van der Waals surface area contributed by atoms with Crippen molar-refractivity contribution in [1.29, 1.82) is 0 Å². The summed E-state index contributed by atoms with van der Waals surface area (Å²) in [6, 6.07) is 13.2. The molecular weight excluding hydrogens is 410 g/mol. The molecule has 1 atom stereocenters. The summed E-state index contributed by atoms with van der Waals surface area (Å²) in [6.07, 6.45) is 1.93. The van der Waals surface area contributed by atoms with Crippen molar-refractivity contribution in [2.45, 2.75) is 50.2 Å². The predicted molar refractivity (Wildman–Crippen MR) is 111 cm³/mol. The van der Waals surface area contributed by atoms with E-state index in [0.717, 1.165) is 30.5 Å². The lowest BCUT2D eigenvalue weighted by atomic mass is 10.1. The molecule has 2 rings (SSSR count). The largest absolute Gasteiger partial charge is 0.273 e. The van der Waals surface area contributed by atoms with E-state index in [1.807, 2.05) is 37.3 Å². The number of nitro benzene ring substituents is 1. The zero-order valence-corrected chi connectivity index (χ0v) is 17.4. The molecule has 0 bridgehead atoms. The van der Waals surface area contributed by atoms with E-state index in [0.29, 0.717) is 6.42 Å². The molecule has 9 nitrogen and oxygen atoms in total. The molecule has 0 radical (unpaired) electrons. The zero-order valence-electron chi connectivity index (χ0n) is 16.6. The van der Waals surface area contributed by atoms with Crippen molar-refractivity contribution in [2.24, 2.45) is 0 Å². The molecule has 2 aromatic rings. The van der Waals surface area contributed by atoms with Gasteiger partial charge in [-0.15, -0.1) is 0 Å². The Balaban J connectivity index is 1.96. The number of unbranched alkanes of at least 4 members (excludes halogenated alkanes) is 1. The molecule has 1 amide bonds. The molecule has 0 aliphatic rings. The van der Waals surface area contributed by atoms with Crippen LogP contribution in [0.25, 0.3) is 0 Å². The molecule has 0 heterocycles. The standard InChI is InChI=1S/C20H25N3O6S/c1-2-3-9-17(14-20(24)21-29-15-16-7-5-4-6-8-16)22-30(27,28)19-12-10-18(11-13-19)23(25)26/h4-8,10-13,17,22H,2-3,9,14-15H2,1H3,(H,21,24)/t17-/m0/s1. The molecule has 0 aliphatic heterocycles. The Labute approximate surface area is 175 Å². The number of nitro groups is 1. The van der Waals surface area contributed by atoms with Gasteiger partial charge < -0.3 is 0 Å². The van der Waals surface area contributed by atoms with Gasteiger partial charge in [0.25, 0.3) is 5.69 Å². The van der Waals surface area contributed by atoms with E-state index in [9.17, 15) is 23.3 Å². The van der Waals surface area contributed by atoms with Gasteiger partial charge in [-0.3, -0.25) is 19.7 Å². The third-order valence-corrected chi connectivity index (χ3v) is 5.82. The third-order valence-electron chi connectivity index (χ3n) is 4.29. The summed E-state index contributed by atoms with van der Waals surface area (Å²) in [4.78, 5) is 27.4. The molecule has 10 heteroatoms. The van der Waals surface area contributed by atoms with Gasteiger partial charge in [0, 0.05) is 24.6 Å². The lowest BCUT2D eigenvalue weighted by Gasteiger charge is -2.18. The van der Waals surface area contributed by atoms with Crippen molar-refractivity contribution in [2.75, 3.05) is 0 Å². The third kappa shape index (κ3) is 7.54. The quantitative estimate of drug-likeness (QED) is 0.390. The van der Waals surface area contributed by atoms with Crippen molar-refractivity contribution >= 4 is 21.6 Å². The fourth-order valence-electron chi connectivity index (χ4n) is 2.73. The fourth-order valence-corrected chi connectivity index (χ4v) is 4.00. The van der Waals surface area contributed by atoms with Crippen molar-refractivity contribution in [3.8, 4) is 0 Å². The van der Waals surface area contributed by atoms with Crippen molar-refractivity contribution < 1.29 is 23.0 Å². The summed E-state index contributed by atoms with van der Waals surface area (Å²) in [5.41, 5.74) is 3.02. The first-order valence-corrected chi connectivity index (χ1v) is 11.0. The van der Waals surface area contributed by atoms with Crippen molar-refractivity contribution in [3.05, 3.63) is 70.3 Å². The minimum Gasteiger partial charge on any atom is -0.273 e. The van der Waals surface area contributed by atoms with Gasteiger partial charge in [0.1, 0.15) is 0 Å². The Morgan fingerprint density at radius 1 is 1.13 bits per heavy atom. The summed E-state index contributed by atoms with van der Waals surface area (Å²) in [5.74, 6) is -0.446. The molecule has 0 saturated heterocycles. The number of non-ortho nitro benzene ring substituents is 1. The maximum Gasteiger partial charge on any atom is 0.269 e. The van der Waals surface area contributed by atoms with Gasteiger partial charge in [-0.2, -0.15) is 0 Å². The van der Waals surface area contributed by atoms with Crippen LogP contribution in [-0.4, -0.2) is 25.3 Å². The lowest BCUT2D eigenvalue weighted by Crippen LogP contribution is -2.39. The smallest absolute Gasteiger partial charge is 0.269 e. The first-order valence-electron chi connectivity index (χ1n) is 9.53. The minimum absolute atomic E-state index is 0.0962. The van der Waals surface area contributed by atoms with E-state index in [4.69, 9.17) is 4.84 Å². The number of benzene rings is 2. The number of hydrogen-bond acceptors (Lipinski definition) is 6. The van der Waals surface area contributed by atoms with E-state index in [1.165, 1.54) is 12.1 Å². The summed E-state index contributed by atoms with van der Waals surface area (Å²) >= 11 is 0. The van der Waals surface area contributed by atoms with Crippen LogP contribution < -0.4 is 10.2 Å². The SMILES string of the molecule is CCCC[C@@H](CC(=O)NOCc1ccccc1)NS(=O)(=O)c1ccc([N+](=O)[O-])cc1. The molecule has 2 N–H and O–H groups in total. The highest BCUT2D eigenvalue weighted by Crippen LogP contribution is 2.17. The number of hydrogen-bond donors (Lipinski definition) is 2. The van der Waals surface area contributed by atoms with E-state index >= 15 is 0 Å². The summed E-state index contributed by atoms with van der Waals surface area (Å²) < 4.78 is 27.8. The maximum absolute atomic E-state index is 12.6. The molecule has 0 saturated carbocycles. The van der Waals surface area contributed by atoms with E-state index < -0.39 is 26.9 Å². The van der Waals surface area contributed by atoms with Gasteiger partial charge in [0.05, 0.1) is 16.4 Å². The highest BCUT2D eigenvalue weighted by atomic mass is 32.2. The number of carbonyl (C=O) groups is 1. The molecule has 0 spiro atoms. The van der Waals surface area contributed by atoms with Crippen molar-refractivity contribution in [1.82, 2.24) is 10.2 Å². The minimum atomic E-state index is -3.93.